The Bertz CT molecular complexity index is 756. The number of hydrogen-bond donors (Lipinski definition) is 2. The summed E-state index contributed by atoms with van der Waals surface area (Å²) in [6, 6.07) is 12.1. The highest BCUT2D eigenvalue weighted by Crippen LogP contribution is 2.22. The van der Waals surface area contributed by atoms with E-state index in [2.05, 4.69) is 26.6 Å². The molecule has 0 bridgehead atoms. The van der Waals surface area contributed by atoms with Crippen molar-refractivity contribution in [2.45, 2.75) is 12.5 Å². The maximum absolute atomic E-state index is 9.25. The summed E-state index contributed by atoms with van der Waals surface area (Å²) in [5.41, 5.74) is 1.88. The third kappa shape index (κ3) is 3.62. The summed E-state index contributed by atoms with van der Waals surface area (Å²) in [4.78, 5) is 8.77. The zero-order chi connectivity index (χ0) is 16.1. The molecule has 0 aliphatic heterocycles. The van der Waals surface area contributed by atoms with E-state index in [1.807, 2.05) is 36.4 Å². The first-order valence-corrected chi connectivity index (χ1v) is 8.83. The molecule has 2 aromatic heterocycles. The molecule has 1 atom stereocenters. The smallest absolute Gasteiger partial charge is 0.254 e. The van der Waals surface area contributed by atoms with Crippen LogP contribution in [-0.4, -0.2) is 49.3 Å². The molecule has 0 saturated carbocycles. The van der Waals surface area contributed by atoms with Crippen LogP contribution in [0.4, 0.5) is 5.82 Å². The Morgan fingerprint density at radius 2 is 2.13 bits per heavy atom. The first-order valence-electron chi connectivity index (χ1n) is 7.44. The van der Waals surface area contributed by atoms with Crippen molar-refractivity contribution in [3.8, 4) is 11.3 Å². The number of thioether (sulfide) groups is 1. The fourth-order valence-electron chi connectivity index (χ4n) is 2.44. The van der Waals surface area contributed by atoms with Crippen molar-refractivity contribution in [1.82, 2.24) is 19.6 Å². The molecule has 0 aliphatic rings. The van der Waals surface area contributed by atoms with E-state index in [0.29, 0.717) is 12.2 Å². The third-order valence-corrected chi connectivity index (χ3v) is 4.25. The predicted octanol–water partition coefficient (Wildman–Crippen LogP) is 2.32. The number of nitrogens with one attached hydrogen (secondary N) is 1. The summed E-state index contributed by atoms with van der Waals surface area (Å²) in [5, 5.41) is 16.9. The average Bonchev–Trinajstić information content (AvgIpc) is 3.05. The summed E-state index contributed by atoms with van der Waals surface area (Å²) in [6.07, 6.45) is 4.23. The predicted molar refractivity (Wildman–Crippen MR) is 93.7 cm³/mol. The van der Waals surface area contributed by atoms with Crippen molar-refractivity contribution in [2.75, 3.05) is 23.9 Å². The molecule has 3 aromatic rings. The van der Waals surface area contributed by atoms with E-state index >= 15 is 0 Å². The molecular formula is C16H19N5OS. The molecule has 0 spiro atoms. The van der Waals surface area contributed by atoms with Crippen molar-refractivity contribution in [2.24, 2.45) is 0 Å². The number of aromatic nitrogens is 4. The molecule has 120 valence electrons. The van der Waals surface area contributed by atoms with E-state index in [1.54, 1.807) is 16.3 Å². The molecule has 23 heavy (non-hydrogen) atoms. The van der Waals surface area contributed by atoms with Crippen LogP contribution in [0.1, 0.15) is 6.42 Å². The van der Waals surface area contributed by atoms with Gasteiger partial charge in [0.1, 0.15) is 12.1 Å². The normalized spacial score (nSPS) is 12.4. The number of hydrogen-bond acceptors (Lipinski definition) is 6. The fourth-order valence-corrected chi connectivity index (χ4v) is 3.09. The number of aliphatic hydroxyl groups excluding tert-OH is 1. The number of nitrogens with zero attached hydrogens (tertiary/aromatic N) is 4. The lowest BCUT2D eigenvalue weighted by atomic mass is 10.1. The van der Waals surface area contributed by atoms with Crippen LogP contribution in [-0.2, 0) is 0 Å². The van der Waals surface area contributed by atoms with Crippen LogP contribution in [0, 0.1) is 0 Å². The van der Waals surface area contributed by atoms with Crippen LogP contribution >= 0.6 is 11.8 Å². The SMILES string of the molecule is CSC[C@H](CCO)Nc1cc(-c2ccccc2)nc2ncnn12. The first kappa shape index (κ1) is 15.8. The van der Waals surface area contributed by atoms with E-state index in [4.69, 9.17) is 0 Å². The molecule has 0 aliphatic carbocycles. The first-order chi connectivity index (χ1) is 11.3. The molecule has 0 amide bonds. The van der Waals surface area contributed by atoms with Gasteiger partial charge in [0.15, 0.2) is 0 Å². The standard InChI is InChI=1S/C16H19N5OS/c1-23-10-13(7-8-22)19-15-9-14(12-5-3-2-4-6-12)20-16-17-11-18-21(15)16/h2-6,9,11,13,19,22H,7-8,10H2,1H3/t13-/m0/s1. The van der Waals surface area contributed by atoms with E-state index in [-0.39, 0.29) is 12.6 Å². The van der Waals surface area contributed by atoms with Gasteiger partial charge in [-0.25, -0.2) is 4.98 Å². The van der Waals surface area contributed by atoms with Gasteiger partial charge in [-0.3, -0.25) is 0 Å². The van der Waals surface area contributed by atoms with Gasteiger partial charge in [-0.15, -0.1) is 0 Å². The molecule has 7 heteroatoms. The van der Waals surface area contributed by atoms with Crippen LogP contribution in [0.2, 0.25) is 0 Å². The van der Waals surface area contributed by atoms with Gasteiger partial charge in [0.05, 0.1) is 5.69 Å². The Morgan fingerprint density at radius 3 is 2.87 bits per heavy atom. The van der Waals surface area contributed by atoms with Crippen LogP contribution in [0.5, 0.6) is 0 Å². The van der Waals surface area contributed by atoms with Gasteiger partial charge < -0.3 is 10.4 Å². The fraction of sp³-hybridized carbons (Fsp3) is 0.312. The highest BCUT2D eigenvalue weighted by atomic mass is 32.2. The third-order valence-electron chi connectivity index (χ3n) is 3.52. The van der Waals surface area contributed by atoms with Gasteiger partial charge in [0.25, 0.3) is 5.78 Å². The molecule has 3 rings (SSSR count). The van der Waals surface area contributed by atoms with Crippen LogP contribution < -0.4 is 5.32 Å². The highest BCUT2D eigenvalue weighted by Gasteiger charge is 2.13. The Kier molecular flexibility index (Phi) is 5.09. The summed E-state index contributed by atoms with van der Waals surface area (Å²) >= 11 is 1.74. The molecule has 0 radical (unpaired) electrons. The van der Waals surface area contributed by atoms with Crippen molar-refractivity contribution < 1.29 is 5.11 Å². The quantitative estimate of drug-likeness (QED) is 0.693. The molecule has 2 heterocycles. The molecule has 6 nitrogen and oxygen atoms in total. The highest BCUT2D eigenvalue weighted by molar-refractivity contribution is 7.98. The maximum atomic E-state index is 9.25. The number of fused-ring (bicyclic) bond motifs is 1. The zero-order valence-electron chi connectivity index (χ0n) is 12.9. The van der Waals surface area contributed by atoms with Crippen LogP contribution in [0.25, 0.3) is 17.0 Å². The molecule has 1 aromatic carbocycles. The van der Waals surface area contributed by atoms with Crippen molar-refractivity contribution in [3.05, 3.63) is 42.7 Å². The van der Waals surface area contributed by atoms with Gasteiger partial charge in [0.2, 0.25) is 0 Å². The summed E-state index contributed by atoms with van der Waals surface area (Å²) in [5.74, 6) is 2.29. The lowest BCUT2D eigenvalue weighted by Crippen LogP contribution is -2.25. The second kappa shape index (κ2) is 7.43. The summed E-state index contributed by atoms with van der Waals surface area (Å²) in [6.45, 7) is 0.148. The van der Waals surface area contributed by atoms with Gasteiger partial charge in [-0.1, -0.05) is 30.3 Å². The molecular weight excluding hydrogens is 310 g/mol. The summed E-state index contributed by atoms with van der Waals surface area (Å²) < 4.78 is 1.69. The van der Waals surface area contributed by atoms with E-state index in [0.717, 1.165) is 22.8 Å². The molecule has 2 N–H and O–H groups in total. The minimum atomic E-state index is 0.148. The van der Waals surface area contributed by atoms with Gasteiger partial charge in [-0.2, -0.15) is 26.4 Å². The average molecular weight is 329 g/mol. The molecule has 0 unspecified atom stereocenters. The Balaban J connectivity index is 1.99. The van der Waals surface area contributed by atoms with Crippen molar-refractivity contribution in [1.29, 1.82) is 0 Å². The van der Waals surface area contributed by atoms with Gasteiger partial charge in [-0.05, 0) is 12.7 Å². The monoisotopic (exact) mass is 329 g/mol. The lowest BCUT2D eigenvalue weighted by Gasteiger charge is -2.18. The van der Waals surface area contributed by atoms with E-state index in [1.165, 1.54) is 6.33 Å². The molecule has 0 fully saturated rings. The van der Waals surface area contributed by atoms with Crippen molar-refractivity contribution in [3.63, 3.8) is 0 Å². The van der Waals surface area contributed by atoms with Gasteiger partial charge >= 0.3 is 0 Å². The Hall–Kier alpha value is -2.12. The van der Waals surface area contributed by atoms with E-state index in [9.17, 15) is 5.11 Å². The summed E-state index contributed by atoms with van der Waals surface area (Å²) in [7, 11) is 0. The largest absolute Gasteiger partial charge is 0.396 e. The van der Waals surface area contributed by atoms with Crippen LogP contribution in [0.15, 0.2) is 42.7 Å². The second-order valence-electron chi connectivity index (χ2n) is 5.17. The van der Waals surface area contributed by atoms with Crippen molar-refractivity contribution >= 4 is 23.4 Å². The second-order valence-corrected chi connectivity index (χ2v) is 6.08. The maximum Gasteiger partial charge on any atom is 0.254 e. The van der Waals surface area contributed by atoms with Gasteiger partial charge in [0, 0.05) is 30.0 Å². The zero-order valence-corrected chi connectivity index (χ0v) is 13.7. The Morgan fingerprint density at radius 1 is 1.30 bits per heavy atom. The number of anilines is 1. The topological polar surface area (TPSA) is 75.3 Å². The van der Waals surface area contributed by atoms with E-state index < -0.39 is 0 Å². The lowest BCUT2D eigenvalue weighted by molar-refractivity contribution is 0.282. The molecule has 0 saturated heterocycles. The Labute approximate surface area is 139 Å². The minimum absolute atomic E-state index is 0.148. The number of rotatable bonds is 7. The number of benzene rings is 1. The van der Waals surface area contributed by atoms with Crippen LogP contribution in [0.3, 0.4) is 0 Å². The minimum Gasteiger partial charge on any atom is -0.396 e. The number of aliphatic hydroxyl groups is 1.